The fraction of sp³-hybridized carbons (Fsp3) is 1.00. The molecule has 3 nitrogen and oxygen atoms in total. The Morgan fingerprint density at radius 2 is 1.93 bits per heavy atom. The van der Waals surface area contributed by atoms with Crippen molar-refractivity contribution in [2.24, 2.45) is 0 Å². The van der Waals surface area contributed by atoms with E-state index in [0.29, 0.717) is 13.0 Å². The highest BCUT2D eigenvalue weighted by molar-refractivity contribution is 8.51. The average Bonchev–Trinajstić information content (AvgIpc) is 1.98. The summed E-state index contributed by atoms with van der Waals surface area (Å²) in [7, 11) is 5.20. The third kappa shape index (κ3) is 13.1. The van der Waals surface area contributed by atoms with Gasteiger partial charge in [0.15, 0.2) is 0 Å². The number of ether oxygens (including phenoxy) is 1. The highest BCUT2D eigenvalue weighted by Gasteiger charge is 2.19. The van der Waals surface area contributed by atoms with Gasteiger partial charge in [-0.05, 0) is 6.92 Å². The second-order valence-electron chi connectivity index (χ2n) is 3.80. The van der Waals surface area contributed by atoms with Crippen molar-refractivity contribution in [3.8, 4) is 0 Å². The zero-order valence-electron chi connectivity index (χ0n) is 9.33. The molecule has 0 saturated heterocycles. The van der Waals surface area contributed by atoms with Gasteiger partial charge in [-0.25, -0.2) is 0 Å². The molecule has 0 aliphatic carbocycles. The van der Waals surface area contributed by atoms with E-state index in [1.165, 1.54) is 11.4 Å². The fourth-order valence-electron chi connectivity index (χ4n) is 0.620. The number of rotatable bonds is 7. The van der Waals surface area contributed by atoms with Gasteiger partial charge in [0.1, 0.15) is 11.4 Å². The van der Waals surface area contributed by atoms with Crippen molar-refractivity contribution >= 4 is 18.4 Å². The van der Waals surface area contributed by atoms with Crippen LogP contribution in [0.1, 0.15) is 6.92 Å². The molecule has 0 aliphatic rings. The third-order valence-corrected chi connectivity index (χ3v) is 4.17. The van der Waals surface area contributed by atoms with Gasteiger partial charge in [0.25, 0.3) is 6.35 Å². The minimum atomic E-state index is -1.21. The number of hydrogen-bond donors (Lipinski definition) is 0. The van der Waals surface area contributed by atoms with Crippen molar-refractivity contribution in [3.05, 3.63) is 0 Å². The summed E-state index contributed by atoms with van der Waals surface area (Å²) in [6.07, 6.45) is 0.396. The minimum Gasteiger partial charge on any atom is -1.00 e. The summed E-state index contributed by atoms with van der Waals surface area (Å²) in [6.45, 7) is 3.61. The number of quaternary nitrogens is 1. The molecule has 1 unspecified atom stereocenters. The molecule has 0 heterocycles. The lowest BCUT2D eigenvalue weighted by molar-refractivity contribution is -0.867. The maximum atomic E-state index is 11.3. The quantitative estimate of drug-likeness (QED) is 0.340. The van der Waals surface area contributed by atoms with Crippen LogP contribution in [-0.4, -0.2) is 50.9 Å². The minimum absolute atomic E-state index is 0. The van der Waals surface area contributed by atoms with Gasteiger partial charge in [-0.1, -0.05) is 4.57 Å². The molecule has 0 saturated carbocycles. The lowest BCUT2D eigenvalue weighted by atomic mass is 10.6. The molecule has 0 bridgehead atoms. The standard InChI is InChI=1S/C8H20NO2PS.HI/c1-5-11-8-12(10)13-7-6-9(2,3)4;/h5-8H2,1-4H3;1H/q+2;/p-1. The fourth-order valence-corrected chi connectivity index (χ4v) is 3.16. The van der Waals surface area contributed by atoms with E-state index in [0.717, 1.165) is 16.8 Å². The Hall–Kier alpha value is 1.10. The summed E-state index contributed by atoms with van der Waals surface area (Å²) in [5, 5.41) is 0. The Morgan fingerprint density at radius 1 is 1.36 bits per heavy atom. The van der Waals surface area contributed by atoms with E-state index >= 15 is 0 Å². The Labute approximate surface area is 109 Å². The smallest absolute Gasteiger partial charge is 0.439 e. The first kappa shape index (κ1) is 17.5. The third-order valence-electron chi connectivity index (χ3n) is 1.40. The monoisotopic (exact) mass is 352 g/mol. The normalized spacial score (nSPS) is 12.1. The molecular formula is C8H20INO2PS+. The molecule has 0 radical (unpaired) electrons. The summed E-state index contributed by atoms with van der Waals surface area (Å²) < 4.78 is 17.3. The highest BCUT2D eigenvalue weighted by atomic mass is 127. The number of halogens is 1. The van der Waals surface area contributed by atoms with Gasteiger partial charge in [0, 0.05) is 6.61 Å². The Balaban J connectivity index is 0. The molecule has 0 rings (SSSR count). The van der Waals surface area contributed by atoms with Crippen LogP contribution in [-0.2, 0) is 9.30 Å². The Morgan fingerprint density at radius 3 is 2.36 bits per heavy atom. The molecule has 0 aromatic carbocycles. The highest BCUT2D eigenvalue weighted by Crippen LogP contribution is 2.37. The van der Waals surface area contributed by atoms with Crippen LogP contribution in [0, 0.1) is 0 Å². The second kappa shape index (κ2) is 9.33. The summed E-state index contributed by atoms with van der Waals surface area (Å²) in [4.78, 5) is 0. The predicted molar refractivity (Wildman–Crippen MR) is 59.5 cm³/mol. The summed E-state index contributed by atoms with van der Waals surface area (Å²) in [5.74, 6) is 0.936. The Bertz CT molecular complexity index is 164. The van der Waals surface area contributed by atoms with Crippen molar-refractivity contribution in [3.63, 3.8) is 0 Å². The SMILES string of the molecule is CCOC[P+](=O)SCC[N+](C)(C)C.[I-]. The van der Waals surface area contributed by atoms with Crippen LogP contribution in [0.5, 0.6) is 0 Å². The van der Waals surface area contributed by atoms with Crippen molar-refractivity contribution in [1.29, 1.82) is 0 Å². The molecule has 0 N–H and O–H groups in total. The summed E-state index contributed by atoms with van der Waals surface area (Å²) >= 11 is 1.51. The summed E-state index contributed by atoms with van der Waals surface area (Å²) in [6, 6.07) is 0. The van der Waals surface area contributed by atoms with Crippen LogP contribution in [0.15, 0.2) is 0 Å². The van der Waals surface area contributed by atoms with Gasteiger partial charge in [-0.2, -0.15) is 0 Å². The molecular weight excluding hydrogens is 332 g/mol. The molecule has 6 heteroatoms. The lowest BCUT2D eigenvalue weighted by Gasteiger charge is -2.22. The first-order valence-electron chi connectivity index (χ1n) is 4.41. The van der Waals surface area contributed by atoms with Gasteiger partial charge in [0.05, 0.1) is 33.4 Å². The van der Waals surface area contributed by atoms with E-state index in [2.05, 4.69) is 21.1 Å². The van der Waals surface area contributed by atoms with E-state index in [1.807, 2.05) is 6.92 Å². The maximum absolute atomic E-state index is 11.3. The second-order valence-corrected chi connectivity index (χ2v) is 7.39. The van der Waals surface area contributed by atoms with E-state index in [1.54, 1.807) is 0 Å². The van der Waals surface area contributed by atoms with Gasteiger partial charge in [0.2, 0.25) is 0 Å². The van der Waals surface area contributed by atoms with Crippen LogP contribution in [0.25, 0.3) is 0 Å². The number of nitrogens with zero attached hydrogens (tertiary/aromatic N) is 1. The van der Waals surface area contributed by atoms with Crippen molar-refractivity contribution in [2.75, 3.05) is 46.4 Å². The largest absolute Gasteiger partial charge is 1.00 e. The van der Waals surface area contributed by atoms with E-state index in [9.17, 15) is 4.57 Å². The summed E-state index contributed by atoms with van der Waals surface area (Å²) in [5.41, 5.74) is 0. The molecule has 14 heavy (non-hydrogen) atoms. The topological polar surface area (TPSA) is 26.3 Å². The first-order chi connectivity index (χ1) is 5.95. The molecule has 0 fully saturated rings. The van der Waals surface area contributed by atoms with Gasteiger partial charge < -0.3 is 33.2 Å². The van der Waals surface area contributed by atoms with Crippen molar-refractivity contribution in [1.82, 2.24) is 0 Å². The van der Waals surface area contributed by atoms with Crippen LogP contribution < -0.4 is 24.0 Å². The average molecular weight is 352 g/mol. The molecule has 0 aromatic heterocycles. The predicted octanol–water partition coefficient (Wildman–Crippen LogP) is -0.834. The molecule has 0 amide bonds. The first-order valence-corrected chi connectivity index (χ1v) is 7.45. The lowest BCUT2D eigenvalue weighted by Crippen LogP contribution is -3.00. The van der Waals surface area contributed by atoms with Crippen LogP contribution >= 0.6 is 18.4 Å². The number of hydrogen-bond acceptors (Lipinski definition) is 3. The van der Waals surface area contributed by atoms with Crippen molar-refractivity contribution in [2.45, 2.75) is 6.92 Å². The van der Waals surface area contributed by atoms with E-state index < -0.39 is 7.00 Å². The van der Waals surface area contributed by atoms with E-state index in [-0.39, 0.29) is 24.0 Å². The van der Waals surface area contributed by atoms with Gasteiger partial charge >= 0.3 is 7.00 Å². The van der Waals surface area contributed by atoms with Gasteiger partial charge in [-0.15, -0.1) is 0 Å². The zero-order valence-corrected chi connectivity index (χ0v) is 13.2. The van der Waals surface area contributed by atoms with Gasteiger partial charge in [-0.3, -0.25) is 0 Å². The maximum Gasteiger partial charge on any atom is 0.439 e. The van der Waals surface area contributed by atoms with Crippen LogP contribution in [0.2, 0.25) is 0 Å². The van der Waals surface area contributed by atoms with Crippen LogP contribution in [0.3, 0.4) is 0 Å². The molecule has 0 aromatic rings. The Kier molecular flexibility index (Phi) is 11.7. The van der Waals surface area contributed by atoms with E-state index in [4.69, 9.17) is 4.74 Å². The molecule has 0 aliphatic heterocycles. The van der Waals surface area contributed by atoms with Crippen molar-refractivity contribution < 1.29 is 37.8 Å². The molecule has 1 atom stereocenters. The zero-order chi connectivity index (χ0) is 10.3. The molecule has 86 valence electrons. The molecule has 0 spiro atoms. The van der Waals surface area contributed by atoms with Crippen LogP contribution in [0.4, 0.5) is 0 Å².